The minimum atomic E-state index is -3.41. The molecule has 8 heteroatoms. The summed E-state index contributed by atoms with van der Waals surface area (Å²) in [5.74, 6) is -0.526. The smallest absolute Gasteiger partial charge is 0.251 e. The number of carbonyl (C=O) groups is 1. The first-order chi connectivity index (χ1) is 14.3. The Labute approximate surface area is 177 Å². The average Bonchev–Trinajstić information content (AvgIpc) is 2.73. The lowest BCUT2D eigenvalue weighted by Gasteiger charge is -2.35. The van der Waals surface area contributed by atoms with E-state index in [2.05, 4.69) is 5.32 Å². The highest BCUT2D eigenvalue weighted by atomic mass is 32.2. The molecule has 1 heterocycles. The van der Waals surface area contributed by atoms with Crippen molar-refractivity contribution in [2.45, 2.75) is 20.3 Å². The highest BCUT2D eigenvalue weighted by Crippen LogP contribution is 2.21. The number of amides is 1. The molecule has 0 spiro atoms. The van der Waals surface area contributed by atoms with Crippen molar-refractivity contribution in [1.29, 1.82) is 0 Å². The van der Waals surface area contributed by atoms with E-state index in [0.717, 1.165) is 11.1 Å². The predicted molar refractivity (Wildman–Crippen MR) is 117 cm³/mol. The van der Waals surface area contributed by atoms with E-state index < -0.39 is 10.0 Å². The fraction of sp³-hybridized carbons (Fsp3) is 0.409. The zero-order valence-corrected chi connectivity index (χ0v) is 18.2. The molecule has 1 fully saturated rings. The average molecular weight is 434 g/mol. The molecular formula is C22H28FN3O3S. The number of rotatable bonds is 7. The Hall–Kier alpha value is -2.45. The second-order valence-corrected chi connectivity index (χ2v) is 9.65. The fourth-order valence-corrected chi connectivity index (χ4v) is 4.97. The number of benzene rings is 2. The lowest BCUT2D eigenvalue weighted by molar-refractivity contribution is 0.0953. The molecule has 2 aromatic rings. The zero-order valence-electron chi connectivity index (χ0n) is 17.4. The lowest BCUT2D eigenvalue weighted by Crippen LogP contribution is -2.49. The van der Waals surface area contributed by atoms with Crippen molar-refractivity contribution in [2.75, 3.05) is 43.4 Å². The molecule has 3 rings (SSSR count). The lowest BCUT2D eigenvalue weighted by atomic mass is 10.1. The van der Waals surface area contributed by atoms with Gasteiger partial charge < -0.3 is 10.2 Å². The van der Waals surface area contributed by atoms with E-state index in [0.29, 0.717) is 50.4 Å². The van der Waals surface area contributed by atoms with Gasteiger partial charge in [0.1, 0.15) is 5.82 Å². The van der Waals surface area contributed by atoms with Crippen LogP contribution in [-0.2, 0) is 10.0 Å². The third-order valence-electron chi connectivity index (χ3n) is 5.46. The summed E-state index contributed by atoms with van der Waals surface area (Å²) >= 11 is 0. The molecule has 0 saturated carbocycles. The van der Waals surface area contributed by atoms with Gasteiger partial charge in [-0.1, -0.05) is 18.2 Å². The van der Waals surface area contributed by atoms with Gasteiger partial charge in [0.15, 0.2) is 0 Å². The van der Waals surface area contributed by atoms with Crippen molar-refractivity contribution < 1.29 is 17.6 Å². The van der Waals surface area contributed by atoms with E-state index in [1.54, 1.807) is 24.3 Å². The van der Waals surface area contributed by atoms with Gasteiger partial charge in [-0.2, -0.15) is 4.31 Å². The topological polar surface area (TPSA) is 69.7 Å². The molecule has 2 aromatic carbocycles. The Bertz CT molecular complexity index is 1000. The van der Waals surface area contributed by atoms with Crippen molar-refractivity contribution in [2.24, 2.45) is 0 Å². The molecule has 1 aliphatic rings. The normalized spacial score (nSPS) is 15.2. The minimum absolute atomic E-state index is 0.0279. The Kier molecular flexibility index (Phi) is 7.10. The quantitative estimate of drug-likeness (QED) is 0.682. The van der Waals surface area contributed by atoms with Crippen LogP contribution < -0.4 is 10.2 Å². The standard InChI is InChI=1S/C22H28FN3O3S/c1-17-8-9-19(16-18(17)2)22(27)24-10-5-15-30(28,29)26-13-11-25(12-14-26)21-7-4-3-6-20(21)23/h3-4,6-9,16H,5,10-15H2,1-2H3,(H,24,27). The van der Waals surface area contributed by atoms with Crippen LogP contribution in [0, 0.1) is 19.7 Å². The fourth-order valence-electron chi connectivity index (χ4n) is 3.49. The first kappa shape index (κ1) is 22.2. The van der Waals surface area contributed by atoms with Crippen molar-refractivity contribution in [3.63, 3.8) is 0 Å². The number of nitrogens with one attached hydrogen (secondary N) is 1. The Morgan fingerprint density at radius 3 is 2.40 bits per heavy atom. The molecule has 162 valence electrons. The van der Waals surface area contributed by atoms with Gasteiger partial charge in [-0.3, -0.25) is 4.79 Å². The molecule has 30 heavy (non-hydrogen) atoms. The highest BCUT2D eigenvalue weighted by Gasteiger charge is 2.27. The predicted octanol–water partition coefficient (Wildman–Crippen LogP) is 2.71. The highest BCUT2D eigenvalue weighted by molar-refractivity contribution is 7.89. The molecule has 1 N–H and O–H groups in total. The van der Waals surface area contributed by atoms with Gasteiger partial charge in [0.05, 0.1) is 11.4 Å². The van der Waals surface area contributed by atoms with E-state index in [1.807, 2.05) is 30.9 Å². The van der Waals surface area contributed by atoms with Gasteiger partial charge in [-0.15, -0.1) is 0 Å². The molecule has 1 amide bonds. The number of hydrogen-bond donors (Lipinski definition) is 1. The van der Waals surface area contributed by atoms with Gasteiger partial charge in [-0.25, -0.2) is 12.8 Å². The Morgan fingerprint density at radius 1 is 1.03 bits per heavy atom. The van der Waals surface area contributed by atoms with E-state index >= 15 is 0 Å². The SMILES string of the molecule is Cc1ccc(C(=O)NCCCS(=O)(=O)N2CCN(c3ccccc3F)CC2)cc1C. The number of para-hydroxylation sites is 1. The maximum Gasteiger partial charge on any atom is 0.251 e. The van der Waals surface area contributed by atoms with E-state index in [1.165, 1.54) is 10.4 Å². The van der Waals surface area contributed by atoms with Gasteiger partial charge in [0.25, 0.3) is 5.91 Å². The number of nitrogens with zero attached hydrogens (tertiary/aromatic N) is 2. The number of halogens is 1. The number of piperazine rings is 1. The maximum absolute atomic E-state index is 13.9. The second-order valence-electron chi connectivity index (χ2n) is 7.56. The van der Waals surface area contributed by atoms with Gasteiger partial charge in [-0.05, 0) is 55.7 Å². The third-order valence-corrected chi connectivity index (χ3v) is 7.42. The molecule has 0 aromatic heterocycles. The van der Waals surface area contributed by atoms with Crippen LogP contribution in [0.5, 0.6) is 0 Å². The molecule has 0 radical (unpaired) electrons. The van der Waals surface area contributed by atoms with Crippen LogP contribution in [-0.4, -0.2) is 57.1 Å². The van der Waals surface area contributed by atoms with Gasteiger partial charge in [0.2, 0.25) is 10.0 Å². The monoisotopic (exact) mass is 433 g/mol. The summed E-state index contributed by atoms with van der Waals surface area (Å²) < 4.78 is 40.6. The third kappa shape index (κ3) is 5.37. The number of aryl methyl sites for hydroxylation is 2. The summed E-state index contributed by atoms with van der Waals surface area (Å²) in [6.07, 6.45) is 0.340. The second kappa shape index (κ2) is 9.57. The van der Waals surface area contributed by atoms with Crippen molar-refractivity contribution in [3.8, 4) is 0 Å². The largest absolute Gasteiger partial charge is 0.367 e. The first-order valence-corrected chi connectivity index (χ1v) is 11.7. The van der Waals surface area contributed by atoms with E-state index in [-0.39, 0.29) is 17.5 Å². The molecular weight excluding hydrogens is 405 g/mol. The van der Waals surface area contributed by atoms with Crippen LogP contribution in [0.25, 0.3) is 0 Å². The number of anilines is 1. The zero-order chi connectivity index (χ0) is 21.7. The number of hydrogen-bond acceptors (Lipinski definition) is 4. The van der Waals surface area contributed by atoms with Crippen LogP contribution in [0.4, 0.5) is 10.1 Å². The Morgan fingerprint density at radius 2 is 1.73 bits per heavy atom. The van der Waals surface area contributed by atoms with Gasteiger partial charge >= 0.3 is 0 Å². The Balaban J connectivity index is 1.45. The first-order valence-electron chi connectivity index (χ1n) is 10.1. The minimum Gasteiger partial charge on any atom is -0.367 e. The van der Waals surface area contributed by atoms with Crippen LogP contribution >= 0.6 is 0 Å². The van der Waals surface area contributed by atoms with Crippen LogP contribution in [0.15, 0.2) is 42.5 Å². The van der Waals surface area contributed by atoms with Crippen molar-refractivity contribution >= 4 is 21.6 Å². The summed E-state index contributed by atoms with van der Waals surface area (Å²) in [6.45, 7) is 5.77. The summed E-state index contributed by atoms with van der Waals surface area (Å²) in [5, 5.41) is 2.78. The van der Waals surface area contributed by atoms with Gasteiger partial charge in [0, 0.05) is 38.3 Å². The molecule has 1 aliphatic heterocycles. The number of carbonyl (C=O) groups excluding carboxylic acids is 1. The molecule has 1 saturated heterocycles. The summed E-state index contributed by atoms with van der Waals surface area (Å²) in [6, 6.07) is 12.0. The summed E-state index contributed by atoms with van der Waals surface area (Å²) in [5.41, 5.74) is 3.24. The summed E-state index contributed by atoms with van der Waals surface area (Å²) in [7, 11) is -3.41. The maximum atomic E-state index is 13.9. The molecule has 0 atom stereocenters. The molecule has 0 unspecified atom stereocenters. The van der Waals surface area contributed by atoms with Crippen molar-refractivity contribution in [3.05, 3.63) is 65.0 Å². The van der Waals surface area contributed by atoms with E-state index in [4.69, 9.17) is 0 Å². The van der Waals surface area contributed by atoms with E-state index in [9.17, 15) is 17.6 Å². The number of sulfonamides is 1. The molecule has 6 nitrogen and oxygen atoms in total. The molecule has 0 aliphatic carbocycles. The van der Waals surface area contributed by atoms with Crippen molar-refractivity contribution in [1.82, 2.24) is 9.62 Å². The van der Waals surface area contributed by atoms with Crippen LogP contribution in [0.3, 0.4) is 0 Å². The van der Waals surface area contributed by atoms with Crippen LogP contribution in [0.1, 0.15) is 27.9 Å². The summed E-state index contributed by atoms with van der Waals surface area (Å²) in [4.78, 5) is 14.1. The van der Waals surface area contributed by atoms with Crippen LogP contribution in [0.2, 0.25) is 0 Å². The molecule has 0 bridgehead atoms.